The number of carbonyl (C=O) groups is 2. The lowest BCUT2D eigenvalue weighted by molar-refractivity contribution is -0.121. The molecule has 158 valence electrons. The van der Waals surface area contributed by atoms with Gasteiger partial charge in [-0.2, -0.15) is 0 Å². The standard InChI is InChI=1S/C20H20N2O7S/c1-27-16-7-6-14(10-15(16)22-19(23)8-9-20(22)24)30(25,26)21-11-13-12-28-17-4-2-3-5-18(17)29-13/h2-7,10,13,21H,8-9,11-12H2,1H3. The molecule has 0 bridgehead atoms. The molecule has 0 saturated carbocycles. The molecule has 30 heavy (non-hydrogen) atoms. The number of anilines is 1. The molecule has 2 aromatic rings. The molecule has 1 saturated heterocycles. The Morgan fingerprint density at radius 1 is 1.10 bits per heavy atom. The van der Waals surface area contributed by atoms with Gasteiger partial charge in [0.15, 0.2) is 11.5 Å². The van der Waals surface area contributed by atoms with Crippen LogP contribution in [0, 0.1) is 0 Å². The number of para-hydroxylation sites is 2. The fourth-order valence-corrected chi connectivity index (χ4v) is 4.39. The van der Waals surface area contributed by atoms with E-state index in [-0.39, 0.29) is 42.3 Å². The fraction of sp³-hybridized carbons (Fsp3) is 0.300. The van der Waals surface area contributed by atoms with E-state index in [0.29, 0.717) is 11.5 Å². The normalized spacial score (nSPS) is 18.6. The summed E-state index contributed by atoms with van der Waals surface area (Å²) < 4.78 is 44.7. The summed E-state index contributed by atoms with van der Waals surface area (Å²) in [6, 6.07) is 11.2. The number of sulfonamides is 1. The number of hydrogen-bond acceptors (Lipinski definition) is 7. The Labute approximate surface area is 173 Å². The maximum Gasteiger partial charge on any atom is 0.240 e. The molecular formula is C20H20N2O7S. The van der Waals surface area contributed by atoms with Gasteiger partial charge in [-0.3, -0.25) is 9.59 Å². The predicted molar refractivity (Wildman–Crippen MR) is 106 cm³/mol. The second-order valence-corrected chi connectivity index (χ2v) is 8.57. The molecule has 2 amide bonds. The Kier molecular flexibility index (Phi) is 5.35. The molecule has 2 aromatic carbocycles. The van der Waals surface area contributed by atoms with Crippen LogP contribution in [-0.2, 0) is 19.6 Å². The van der Waals surface area contributed by atoms with Crippen LogP contribution in [0.1, 0.15) is 12.8 Å². The van der Waals surface area contributed by atoms with Crippen LogP contribution in [0.5, 0.6) is 17.2 Å². The maximum atomic E-state index is 12.8. The van der Waals surface area contributed by atoms with Crippen LogP contribution >= 0.6 is 0 Å². The molecule has 2 heterocycles. The largest absolute Gasteiger partial charge is 0.495 e. The lowest BCUT2D eigenvalue weighted by atomic mass is 10.2. The van der Waals surface area contributed by atoms with Crippen molar-refractivity contribution in [2.75, 3.05) is 25.2 Å². The van der Waals surface area contributed by atoms with Crippen LogP contribution in [-0.4, -0.2) is 46.6 Å². The number of hydrogen-bond donors (Lipinski definition) is 1. The molecule has 1 atom stereocenters. The Balaban J connectivity index is 1.52. The number of ether oxygens (including phenoxy) is 3. The van der Waals surface area contributed by atoms with E-state index in [0.717, 1.165) is 4.90 Å². The molecule has 2 aliphatic rings. The van der Waals surface area contributed by atoms with Crippen molar-refractivity contribution in [1.29, 1.82) is 0 Å². The van der Waals surface area contributed by atoms with Crippen molar-refractivity contribution < 1.29 is 32.2 Å². The minimum atomic E-state index is -3.94. The smallest absolute Gasteiger partial charge is 0.240 e. The molecular weight excluding hydrogens is 412 g/mol. The molecule has 1 N–H and O–H groups in total. The Bertz CT molecular complexity index is 1080. The third kappa shape index (κ3) is 3.83. The van der Waals surface area contributed by atoms with Crippen LogP contribution in [0.2, 0.25) is 0 Å². The van der Waals surface area contributed by atoms with Crippen LogP contribution in [0.25, 0.3) is 0 Å². The zero-order valence-corrected chi connectivity index (χ0v) is 17.0. The van der Waals surface area contributed by atoms with Gasteiger partial charge in [0.1, 0.15) is 18.5 Å². The molecule has 10 heteroatoms. The Morgan fingerprint density at radius 3 is 2.50 bits per heavy atom. The third-order valence-electron chi connectivity index (χ3n) is 4.82. The summed E-state index contributed by atoms with van der Waals surface area (Å²) >= 11 is 0. The minimum Gasteiger partial charge on any atom is -0.495 e. The highest BCUT2D eigenvalue weighted by molar-refractivity contribution is 7.89. The quantitative estimate of drug-likeness (QED) is 0.688. The van der Waals surface area contributed by atoms with Crippen LogP contribution in [0.15, 0.2) is 47.4 Å². The zero-order valence-electron chi connectivity index (χ0n) is 16.2. The number of nitrogens with one attached hydrogen (secondary N) is 1. The average molecular weight is 432 g/mol. The number of methoxy groups -OCH3 is 1. The van der Waals surface area contributed by atoms with Crippen molar-refractivity contribution >= 4 is 27.5 Å². The summed E-state index contributed by atoms with van der Waals surface area (Å²) in [6.07, 6.45) is -0.343. The average Bonchev–Trinajstić information content (AvgIpc) is 3.09. The molecule has 1 fully saturated rings. The Hall–Kier alpha value is -3.11. The van der Waals surface area contributed by atoms with Crippen molar-refractivity contribution in [2.45, 2.75) is 23.8 Å². The van der Waals surface area contributed by atoms with Crippen molar-refractivity contribution in [2.24, 2.45) is 0 Å². The summed E-state index contributed by atoms with van der Waals surface area (Å²) in [5.74, 6) is 0.597. The van der Waals surface area contributed by atoms with Crippen molar-refractivity contribution in [1.82, 2.24) is 4.72 Å². The second-order valence-electron chi connectivity index (χ2n) is 6.81. The number of amides is 2. The lowest BCUT2D eigenvalue weighted by Gasteiger charge is -2.26. The first-order chi connectivity index (χ1) is 14.4. The highest BCUT2D eigenvalue weighted by Gasteiger charge is 2.33. The van der Waals surface area contributed by atoms with E-state index in [1.807, 2.05) is 6.07 Å². The van der Waals surface area contributed by atoms with Crippen molar-refractivity contribution in [3.8, 4) is 17.2 Å². The van der Waals surface area contributed by atoms with E-state index >= 15 is 0 Å². The summed E-state index contributed by atoms with van der Waals surface area (Å²) in [6.45, 7) is 0.184. The van der Waals surface area contributed by atoms with E-state index in [2.05, 4.69) is 4.72 Å². The van der Waals surface area contributed by atoms with Gasteiger partial charge in [0.2, 0.25) is 21.8 Å². The van der Waals surface area contributed by atoms with Gasteiger partial charge in [-0.1, -0.05) is 12.1 Å². The van der Waals surface area contributed by atoms with E-state index < -0.39 is 27.9 Å². The van der Waals surface area contributed by atoms with E-state index in [1.165, 1.54) is 25.3 Å². The zero-order chi connectivity index (χ0) is 21.3. The summed E-state index contributed by atoms with van der Waals surface area (Å²) in [7, 11) is -2.56. The molecule has 4 rings (SSSR count). The minimum absolute atomic E-state index is 0.0143. The van der Waals surface area contributed by atoms with Gasteiger partial charge in [0.25, 0.3) is 0 Å². The number of fused-ring (bicyclic) bond motifs is 1. The molecule has 0 aliphatic carbocycles. The van der Waals surface area contributed by atoms with Gasteiger partial charge >= 0.3 is 0 Å². The van der Waals surface area contributed by atoms with Crippen LogP contribution in [0.4, 0.5) is 5.69 Å². The summed E-state index contributed by atoms with van der Waals surface area (Å²) in [5, 5.41) is 0. The van der Waals surface area contributed by atoms with Crippen LogP contribution in [0.3, 0.4) is 0 Å². The molecule has 9 nitrogen and oxygen atoms in total. The molecule has 1 unspecified atom stereocenters. The maximum absolute atomic E-state index is 12.8. The monoisotopic (exact) mass is 432 g/mol. The molecule has 0 aromatic heterocycles. The third-order valence-corrected chi connectivity index (χ3v) is 6.24. The topological polar surface area (TPSA) is 111 Å². The fourth-order valence-electron chi connectivity index (χ4n) is 3.31. The SMILES string of the molecule is COc1ccc(S(=O)(=O)NCC2COc3ccccc3O2)cc1N1C(=O)CCC1=O. The van der Waals surface area contributed by atoms with Crippen LogP contribution < -0.4 is 23.8 Å². The summed E-state index contributed by atoms with van der Waals surface area (Å²) in [4.78, 5) is 25.1. The highest BCUT2D eigenvalue weighted by Crippen LogP contribution is 2.34. The second kappa shape index (κ2) is 7.96. The van der Waals surface area contributed by atoms with Gasteiger partial charge in [0.05, 0.1) is 24.2 Å². The van der Waals surface area contributed by atoms with Gasteiger partial charge < -0.3 is 14.2 Å². The number of nitrogens with zero attached hydrogens (tertiary/aromatic N) is 1. The highest BCUT2D eigenvalue weighted by atomic mass is 32.2. The van der Waals surface area contributed by atoms with Crippen molar-refractivity contribution in [3.05, 3.63) is 42.5 Å². The number of carbonyl (C=O) groups excluding carboxylic acids is 2. The molecule has 0 spiro atoms. The number of benzene rings is 2. The molecule has 0 radical (unpaired) electrons. The van der Waals surface area contributed by atoms with Crippen molar-refractivity contribution in [3.63, 3.8) is 0 Å². The van der Waals surface area contributed by atoms with Gasteiger partial charge in [-0.05, 0) is 30.3 Å². The predicted octanol–water partition coefficient (Wildman–Crippen LogP) is 1.47. The Morgan fingerprint density at radius 2 is 1.80 bits per heavy atom. The van der Waals surface area contributed by atoms with E-state index in [4.69, 9.17) is 14.2 Å². The lowest BCUT2D eigenvalue weighted by Crippen LogP contribution is -2.40. The first-order valence-corrected chi connectivity index (χ1v) is 10.8. The van der Waals surface area contributed by atoms with Gasteiger partial charge in [-0.25, -0.2) is 18.0 Å². The first-order valence-electron chi connectivity index (χ1n) is 9.31. The van der Waals surface area contributed by atoms with E-state index in [9.17, 15) is 18.0 Å². The number of imide groups is 1. The van der Waals surface area contributed by atoms with E-state index in [1.54, 1.807) is 18.2 Å². The van der Waals surface area contributed by atoms with Gasteiger partial charge in [0, 0.05) is 12.8 Å². The number of rotatable bonds is 6. The summed E-state index contributed by atoms with van der Waals surface area (Å²) in [5.41, 5.74) is 0.110. The first kappa shape index (κ1) is 20.2. The molecule has 2 aliphatic heterocycles. The van der Waals surface area contributed by atoms with Gasteiger partial charge in [-0.15, -0.1) is 0 Å².